The van der Waals surface area contributed by atoms with E-state index in [1.807, 2.05) is 0 Å². The lowest BCUT2D eigenvalue weighted by atomic mass is 9.94. The minimum absolute atomic E-state index is 1.05. The highest BCUT2D eigenvalue weighted by atomic mass is 28.2. The molecule has 0 aliphatic heterocycles. The van der Waals surface area contributed by atoms with E-state index >= 15 is 0 Å². The highest BCUT2D eigenvalue weighted by Crippen LogP contribution is 2.56. The van der Waals surface area contributed by atoms with E-state index in [4.69, 9.17) is 0 Å². The Bertz CT molecular complexity index is 399. The van der Waals surface area contributed by atoms with Gasteiger partial charge in [-0.2, -0.15) is 35.1 Å². The van der Waals surface area contributed by atoms with Gasteiger partial charge in [-0.3, -0.25) is 0 Å². The maximum Gasteiger partial charge on any atom is 0.383 e. The van der Waals surface area contributed by atoms with Crippen LogP contribution in [-0.2, 0) is 4.43 Å². The van der Waals surface area contributed by atoms with Crippen LogP contribution in [0.2, 0.25) is 0 Å². The van der Waals surface area contributed by atoms with Crippen molar-refractivity contribution in [1.29, 1.82) is 0 Å². The predicted octanol–water partition coefficient (Wildman–Crippen LogP) is 3.06. The molecule has 0 amide bonds. The second-order valence-corrected chi connectivity index (χ2v) is 4.60. The van der Waals surface area contributed by atoms with Gasteiger partial charge < -0.3 is 4.43 Å². The fourth-order valence-corrected chi connectivity index (χ4v) is 1.51. The van der Waals surface area contributed by atoms with Crippen LogP contribution in [0, 0.1) is 0 Å². The van der Waals surface area contributed by atoms with E-state index in [-0.39, 0.29) is 0 Å². The molecule has 0 saturated carbocycles. The molecule has 0 bridgehead atoms. The van der Waals surface area contributed by atoms with Crippen LogP contribution in [0.1, 0.15) is 0 Å². The van der Waals surface area contributed by atoms with Crippen molar-refractivity contribution < 1.29 is 61.5 Å². The molecule has 3 unspecified atom stereocenters. The van der Waals surface area contributed by atoms with Crippen molar-refractivity contribution in [2.75, 3.05) is 0 Å². The van der Waals surface area contributed by atoms with Crippen LogP contribution in [0.3, 0.4) is 0 Å². The molecule has 0 rings (SSSR count). The number of hydrogen-bond donors (Lipinski definition) is 0. The van der Waals surface area contributed by atoms with Crippen LogP contribution in [-0.4, -0.2) is 59.3 Å². The van der Waals surface area contributed by atoms with Gasteiger partial charge in [-0.05, 0) is 0 Å². The third-order valence-electron chi connectivity index (χ3n) is 2.59. The molecule has 0 saturated heterocycles. The van der Waals surface area contributed by atoms with Gasteiger partial charge in [0.1, 0.15) is 10.5 Å². The lowest BCUT2D eigenvalue weighted by molar-refractivity contribution is -0.396. The number of hydrogen-bond acceptors (Lipinski definition) is 1. The predicted molar refractivity (Wildman–Crippen MR) is 51.5 cm³/mol. The van der Waals surface area contributed by atoms with Gasteiger partial charge in [0.25, 0.3) is 12.8 Å². The van der Waals surface area contributed by atoms with Crippen LogP contribution in [0.25, 0.3) is 0 Å². The zero-order valence-corrected chi connectivity index (χ0v) is 12.6. The molecule has 15 heteroatoms. The van der Waals surface area contributed by atoms with Crippen LogP contribution >= 0.6 is 0 Å². The molecule has 0 aromatic heterocycles. The molecule has 3 atom stereocenters. The number of alkyl halides is 13. The molecule has 0 N–H and O–H groups in total. The number of halogens is 13. The summed E-state index contributed by atoms with van der Waals surface area (Å²) in [4.78, 5) is 0. The van der Waals surface area contributed by atoms with Gasteiger partial charge in [-0.1, -0.05) is 0 Å². The average Bonchev–Trinajstić information content (AvgIpc) is 2.43. The van der Waals surface area contributed by atoms with E-state index in [9.17, 15) is 57.1 Å². The molecule has 1 nitrogen and oxygen atoms in total. The Balaban J connectivity index is 5.93. The Kier molecular flexibility index (Phi) is 6.43. The zero-order valence-electron chi connectivity index (χ0n) is 10.6. The average molecular weight is 394 g/mol. The topological polar surface area (TPSA) is 9.23 Å². The highest BCUT2D eigenvalue weighted by molar-refractivity contribution is 5.98. The Morgan fingerprint density at radius 2 is 1.00 bits per heavy atom. The Labute approximate surface area is 122 Å². The van der Waals surface area contributed by atoms with Crippen molar-refractivity contribution in [2.24, 2.45) is 0 Å². The molecule has 0 aliphatic carbocycles. The second-order valence-electron chi connectivity index (χ2n) is 4.13. The smallest absolute Gasteiger partial charge is 0.383 e. The summed E-state index contributed by atoms with van der Waals surface area (Å²) >= 11 is 0. The van der Waals surface area contributed by atoms with E-state index in [0.29, 0.717) is 0 Å². The van der Waals surface area contributed by atoms with Crippen molar-refractivity contribution in [2.45, 2.75) is 48.8 Å². The minimum Gasteiger partial charge on any atom is -0.395 e. The molecule has 140 valence electrons. The molecule has 0 aromatic carbocycles. The van der Waals surface area contributed by atoms with E-state index in [2.05, 4.69) is 4.43 Å². The lowest BCUT2D eigenvalue weighted by Gasteiger charge is -2.38. The van der Waals surface area contributed by atoms with Gasteiger partial charge in [0.05, 0.1) is 0 Å². The molecule has 0 aromatic rings. The quantitative estimate of drug-likeness (QED) is 0.454. The van der Waals surface area contributed by atoms with Gasteiger partial charge in [0.15, 0.2) is 6.17 Å². The normalized spacial score (nSPS) is 19.0. The fourth-order valence-electron chi connectivity index (χ4n) is 1.21. The first kappa shape index (κ1) is 22.3. The molecule has 0 aliphatic rings. The summed E-state index contributed by atoms with van der Waals surface area (Å²) in [5.41, 5.74) is 0. The Morgan fingerprint density at radius 1 is 0.652 bits per heavy atom. The summed E-state index contributed by atoms with van der Waals surface area (Å²) in [6, 6.07) is 0. The molecular formula is C8H7F13OSi. The molecule has 0 heterocycles. The maximum atomic E-state index is 13.0. The summed E-state index contributed by atoms with van der Waals surface area (Å²) in [6.07, 6.45) is -19.1. The zero-order chi connectivity index (χ0) is 19.0. The highest BCUT2D eigenvalue weighted by Gasteiger charge is 2.84. The summed E-state index contributed by atoms with van der Waals surface area (Å²) in [6.45, 7) is 0. The molecule has 0 spiro atoms. The van der Waals surface area contributed by atoms with Crippen molar-refractivity contribution in [1.82, 2.24) is 0 Å². The van der Waals surface area contributed by atoms with Crippen LogP contribution < -0.4 is 0 Å². The lowest BCUT2D eigenvalue weighted by Crippen LogP contribution is -2.68. The van der Waals surface area contributed by atoms with Gasteiger partial charge in [0, 0.05) is 0 Å². The Hall–Kier alpha value is -0.733. The van der Waals surface area contributed by atoms with Gasteiger partial charge in [0.2, 0.25) is 6.17 Å². The first-order chi connectivity index (χ1) is 10.00. The van der Waals surface area contributed by atoms with Crippen molar-refractivity contribution in [3.8, 4) is 0 Å². The van der Waals surface area contributed by atoms with E-state index < -0.39 is 59.3 Å². The van der Waals surface area contributed by atoms with E-state index in [0.717, 1.165) is 0 Å². The summed E-state index contributed by atoms with van der Waals surface area (Å²) < 4.78 is 168. The summed E-state index contributed by atoms with van der Waals surface area (Å²) in [7, 11) is -1.05. The second kappa shape index (κ2) is 6.64. The molecule has 0 radical (unpaired) electrons. The Morgan fingerprint density at radius 3 is 1.30 bits per heavy atom. The largest absolute Gasteiger partial charge is 0.395 e. The van der Waals surface area contributed by atoms with Gasteiger partial charge in [-0.15, -0.1) is 0 Å². The van der Waals surface area contributed by atoms with E-state index in [1.54, 1.807) is 0 Å². The first-order valence-corrected chi connectivity index (χ1v) is 6.06. The first-order valence-electron chi connectivity index (χ1n) is 5.24. The van der Waals surface area contributed by atoms with Crippen LogP contribution in [0.15, 0.2) is 0 Å². The standard InChI is InChI=1S/C8H7F13OSi/c9-1(3(11)12)2(10)5(14,15)7(18,19)8(20,21)6(16,17)4(13)22-23/h1-4H,23H3. The van der Waals surface area contributed by atoms with Gasteiger partial charge >= 0.3 is 23.7 Å². The fraction of sp³-hybridized carbons (Fsp3) is 1.00. The van der Waals surface area contributed by atoms with Gasteiger partial charge in [-0.25, -0.2) is 22.0 Å². The third-order valence-corrected chi connectivity index (χ3v) is 3.00. The van der Waals surface area contributed by atoms with Crippen LogP contribution in [0.5, 0.6) is 0 Å². The monoisotopic (exact) mass is 394 g/mol. The van der Waals surface area contributed by atoms with Crippen molar-refractivity contribution >= 4 is 10.5 Å². The van der Waals surface area contributed by atoms with Crippen molar-refractivity contribution in [3.63, 3.8) is 0 Å². The molecule has 23 heavy (non-hydrogen) atoms. The maximum absolute atomic E-state index is 13.0. The SMILES string of the molecule is FC(F)C(F)C(F)C(F)(F)C(F)(F)C(F)(F)C(F)(F)C(F)O[SiH3]. The van der Waals surface area contributed by atoms with E-state index in [1.165, 1.54) is 0 Å². The number of rotatable bonds is 8. The van der Waals surface area contributed by atoms with Crippen molar-refractivity contribution in [3.05, 3.63) is 0 Å². The minimum atomic E-state index is -7.42. The van der Waals surface area contributed by atoms with Crippen LogP contribution in [0.4, 0.5) is 57.1 Å². The molecule has 0 fully saturated rings. The third kappa shape index (κ3) is 3.39. The summed E-state index contributed by atoms with van der Waals surface area (Å²) in [5, 5.41) is 0. The summed E-state index contributed by atoms with van der Waals surface area (Å²) in [5.74, 6) is -28.3. The molecular weight excluding hydrogens is 387 g/mol.